The molecule has 192 valence electrons. The van der Waals surface area contributed by atoms with Crippen LogP contribution in [0, 0.1) is 18.7 Å². The number of piperazine rings is 1. The Morgan fingerprint density at radius 2 is 1.76 bits per heavy atom. The van der Waals surface area contributed by atoms with Crippen molar-refractivity contribution in [3.05, 3.63) is 29.1 Å². The number of sulfonamides is 1. The molecule has 1 saturated heterocycles. The van der Waals surface area contributed by atoms with Gasteiger partial charge in [-0.05, 0) is 56.6 Å². The molecule has 0 radical (unpaired) electrons. The number of aryl methyl sites for hydroxylation is 1. The van der Waals surface area contributed by atoms with Gasteiger partial charge in [0.15, 0.2) is 5.78 Å². The number of benzene rings is 1. The van der Waals surface area contributed by atoms with E-state index in [0.29, 0.717) is 48.1 Å². The smallest absolute Gasteiger partial charge is 0.214 e. The van der Waals surface area contributed by atoms with Gasteiger partial charge in [0, 0.05) is 44.2 Å². The van der Waals surface area contributed by atoms with E-state index in [4.69, 9.17) is 4.74 Å². The summed E-state index contributed by atoms with van der Waals surface area (Å²) in [5.41, 5.74) is 1.01. The molecule has 0 atom stereocenters. The average Bonchev–Trinajstić information content (AvgIpc) is 3.61. The number of hydrogen-bond donors (Lipinski definition) is 0. The molecule has 6 nitrogen and oxygen atoms in total. The highest BCUT2D eigenvalue weighted by atomic mass is 35.5. The molecule has 0 spiro atoms. The number of carbonyl (C=O) groups excluding carboxylic acids is 1. The Labute approximate surface area is 209 Å². The first kappa shape index (κ1) is 27.4. The zero-order valence-corrected chi connectivity index (χ0v) is 22.0. The summed E-state index contributed by atoms with van der Waals surface area (Å²) in [5, 5.41) is 0. The molecule has 0 bridgehead atoms. The van der Waals surface area contributed by atoms with E-state index in [1.54, 1.807) is 11.2 Å². The van der Waals surface area contributed by atoms with Crippen molar-refractivity contribution in [1.82, 2.24) is 9.21 Å². The lowest BCUT2D eigenvalue weighted by atomic mass is 9.76. The maximum atomic E-state index is 13.8. The van der Waals surface area contributed by atoms with Gasteiger partial charge in [0.1, 0.15) is 11.6 Å². The molecule has 4 rings (SSSR count). The average molecular weight is 517 g/mol. The summed E-state index contributed by atoms with van der Waals surface area (Å²) < 4.78 is 46.2. The molecule has 0 N–H and O–H groups in total. The Balaban J connectivity index is 0.00000324. The number of ether oxygens (including phenoxy) is 1. The first-order valence-electron chi connectivity index (χ1n) is 12.3. The second-order valence-electron chi connectivity index (χ2n) is 10.1. The van der Waals surface area contributed by atoms with Crippen molar-refractivity contribution in [3.63, 3.8) is 0 Å². The quantitative estimate of drug-likeness (QED) is 0.449. The Bertz CT molecular complexity index is 969. The number of rotatable bonds is 9. The Kier molecular flexibility index (Phi) is 9.04. The summed E-state index contributed by atoms with van der Waals surface area (Å²) in [6, 6.07) is 2.66. The SMILES string of the molecule is COc1cc(F)cc(C)c1C(=O)CCC1(N2CCN(S(=O)(=O)CC3CC3)CC2)CCCCC1.Cl. The van der Waals surface area contributed by atoms with Gasteiger partial charge in [0.05, 0.1) is 18.4 Å². The van der Waals surface area contributed by atoms with Crippen LogP contribution in [0.25, 0.3) is 0 Å². The van der Waals surface area contributed by atoms with Crippen molar-refractivity contribution in [2.75, 3.05) is 39.0 Å². The van der Waals surface area contributed by atoms with Crippen LogP contribution in [-0.4, -0.2) is 68.0 Å². The molecule has 0 amide bonds. The number of nitrogens with zero attached hydrogens (tertiary/aromatic N) is 2. The summed E-state index contributed by atoms with van der Waals surface area (Å²) in [5.74, 6) is 0.533. The van der Waals surface area contributed by atoms with Gasteiger partial charge in [-0.3, -0.25) is 9.69 Å². The lowest BCUT2D eigenvalue weighted by Gasteiger charge is -2.50. The maximum Gasteiger partial charge on any atom is 0.214 e. The number of halogens is 2. The molecular formula is C25H38ClFN2O4S. The first-order chi connectivity index (χ1) is 15.7. The van der Waals surface area contributed by atoms with Gasteiger partial charge >= 0.3 is 0 Å². The fourth-order valence-corrected chi connectivity index (χ4v) is 7.62. The maximum absolute atomic E-state index is 13.8. The van der Waals surface area contributed by atoms with Crippen LogP contribution in [0.5, 0.6) is 5.75 Å². The topological polar surface area (TPSA) is 66.9 Å². The fraction of sp³-hybridized carbons (Fsp3) is 0.720. The third kappa shape index (κ3) is 6.12. The van der Waals surface area contributed by atoms with Crippen molar-refractivity contribution >= 4 is 28.2 Å². The summed E-state index contributed by atoms with van der Waals surface area (Å²) in [4.78, 5) is 15.7. The number of Topliss-reactive ketones (excluding diaryl/α,β-unsaturated/α-hetero) is 1. The zero-order valence-electron chi connectivity index (χ0n) is 20.4. The Morgan fingerprint density at radius 1 is 1.12 bits per heavy atom. The van der Waals surface area contributed by atoms with E-state index in [1.807, 2.05) is 0 Å². The van der Waals surface area contributed by atoms with Gasteiger partial charge in [-0.15, -0.1) is 12.4 Å². The minimum atomic E-state index is -3.16. The minimum absolute atomic E-state index is 0. The van der Waals surface area contributed by atoms with Crippen LogP contribution in [0.2, 0.25) is 0 Å². The van der Waals surface area contributed by atoms with E-state index in [-0.39, 0.29) is 23.7 Å². The van der Waals surface area contributed by atoms with Gasteiger partial charge in [-0.25, -0.2) is 12.8 Å². The highest BCUT2D eigenvalue weighted by Gasteiger charge is 2.41. The normalized spacial score (nSPS) is 21.6. The van der Waals surface area contributed by atoms with Crippen molar-refractivity contribution in [2.45, 2.75) is 70.3 Å². The summed E-state index contributed by atoms with van der Waals surface area (Å²) >= 11 is 0. The van der Waals surface area contributed by atoms with E-state index < -0.39 is 15.8 Å². The zero-order chi connectivity index (χ0) is 23.6. The van der Waals surface area contributed by atoms with Crippen molar-refractivity contribution in [3.8, 4) is 5.75 Å². The lowest BCUT2D eigenvalue weighted by Crippen LogP contribution is -2.59. The minimum Gasteiger partial charge on any atom is -0.496 e. The van der Waals surface area contributed by atoms with Crippen LogP contribution in [-0.2, 0) is 10.0 Å². The molecule has 1 aliphatic heterocycles. The van der Waals surface area contributed by atoms with Gasteiger partial charge in [0.25, 0.3) is 0 Å². The molecule has 3 aliphatic rings. The molecule has 3 fully saturated rings. The van der Waals surface area contributed by atoms with Crippen molar-refractivity contribution in [1.29, 1.82) is 0 Å². The van der Waals surface area contributed by atoms with Crippen molar-refractivity contribution in [2.24, 2.45) is 5.92 Å². The first-order valence-corrected chi connectivity index (χ1v) is 14.0. The van der Waals surface area contributed by atoms with Crippen molar-refractivity contribution < 1.29 is 22.3 Å². The molecule has 34 heavy (non-hydrogen) atoms. The number of ketones is 1. The molecular weight excluding hydrogens is 479 g/mol. The summed E-state index contributed by atoms with van der Waals surface area (Å²) in [6.45, 7) is 4.26. The van der Waals surface area contributed by atoms with E-state index in [0.717, 1.165) is 58.0 Å². The third-order valence-corrected chi connectivity index (χ3v) is 9.86. The number of carbonyl (C=O) groups is 1. The van der Waals surface area contributed by atoms with Crippen LogP contribution < -0.4 is 4.74 Å². The van der Waals surface area contributed by atoms with Crippen LogP contribution >= 0.6 is 12.4 Å². The second kappa shape index (κ2) is 11.2. The molecule has 1 aromatic rings. The highest BCUT2D eigenvalue weighted by molar-refractivity contribution is 7.89. The Hall–Kier alpha value is -1.22. The number of hydrogen-bond acceptors (Lipinski definition) is 5. The predicted molar refractivity (Wildman–Crippen MR) is 134 cm³/mol. The van der Waals surface area contributed by atoms with Gasteiger partial charge in [-0.2, -0.15) is 4.31 Å². The van der Waals surface area contributed by atoms with Crippen LogP contribution in [0.1, 0.15) is 73.7 Å². The van der Waals surface area contributed by atoms with E-state index in [2.05, 4.69) is 4.90 Å². The fourth-order valence-electron chi connectivity index (χ4n) is 5.76. The number of methoxy groups -OCH3 is 1. The van der Waals surface area contributed by atoms with Crippen LogP contribution in [0.15, 0.2) is 12.1 Å². The van der Waals surface area contributed by atoms with Gasteiger partial charge in [-0.1, -0.05) is 19.3 Å². The lowest BCUT2D eigenvalue weighted by molar-refractivity contribution is 0.0165. The Morgan fingerprint density at radius 3 is 2.35 bits per heavy atom. The molecule has 1 aromatic carbocycles. The van der Waals surface area contributed by atoms with E-state index in [9.17, 15) is 17.6 Å². The summed E-state index contributed by atoms with van der Waals surface area (Å²) in [6.07, 6.45) is 8.73. The van der Waals surface area contributed by atoms with E-state index in [1.165, 1.54) is 25.7 Å². The second-order valence-corrected chi connectivity index (χ2v) is 12.1. The van der Waals surface area contributed by atoms with Crippen LogP contribution in [0.3, 0.4) is 0 Å². The third-order valence-electron chi connectivity index (χ3n) is 7.81. The molecule has 0 unspecified atom stereocenters. The van der Waals surface area contributed by atoms with Gasteiger partial charge in [0.2, 0.25) is 10.0 Å². The predicted octanol–water partition coefficient (Wildman–Crippen LogP) is 4.59. The monoisotopic (exact) mass is 516 g/mol. The highest BCUT2D eigenvalue weighted by Crippen LogP contribution is 2.39. The van der Waals surface area contributed by atoms with Gasteiger partial charge < -0.3 is 4.74 Å². The molecule has 2 saturated carbocycles. The molecule has 9 heteroatoms. The van der Waals surface area contributed by atoms with Crippen LogP contribution in [0.4, 0.5) is 4.39 Å². The standard InChI is InChI=1S/C25H37FN2O4S.ClH/c1-19-16-21(26)17-23(32-2)24(19)22(29)8-11-25(9-4-3-5-10-25)27-12-14-28(15-13-27)33(30,31)18-20-6-7-20;/h16-17,20H,3-15,18H2,1-2H3;1H. The van der Waals surface area contributed by atoms with E-state index >= 15 is 0 Å². The largest absolute Gasteiger partial charge is 0.496 e. The molecule has 1 heterocycles. The molecule has 0 aromatic heterocycles. The molecule has 2 aliphatic carbocycles. The summed E-state index contributed by atoms with van der Waals surface area (Å²) in [7, 11) is -1.70.